The van der Waals surface area contributed by atoms with Crippen LogP contribution in [0.1, 0.15) is 32.3 Å². The molecule has 0 aliphatic carbocycles. The molecule has 1 amide bonds. The van der Waals surface area contributed by atoms with Gasteiger partial charge in [-0.15, -0.1) is 0 Å². The van der Waals surface area contributed by atoms with Crippen molar-refractivity contribution in [2.24, 2.45) is 0 Å². The lowest BCUT2D eigenvalue weighted by atomic mass is 10.2. The van der Waals surface area contributed by atoms with Gasteiger partial charge in [0.25, 0.3) is 0 Å². The van der Waals surface area contributed by atoms with Crippen LogP contribution in [0, 0.1) is 0 Å². The lowest BCUT2D eigenvalue weighted by molar-refractivity contribution is -0.136. The number of hydrogen-bond donors (Lipinski definition) is 1. The third-order valence-corrected chi connectivity index (χ3v) is 2.77. The second-order valence-electron chi connectivity index (χ2n) is 4.61. The van der Waals surface area contributed by atoms with E-state index in [1.165, 1.54) is 0 Å². The number of anilines is 1. The smallest absolute Gasteiger partial charge is 0.248 e. The molecule has 0 atom stereocenters. The van der Waals surface area contributed by atoms with Crippen LogP contribution in [0.3, 0.4) is 0 Å². The number of hydrogen-bond acceptors (Lipinski definition) is 3. The number of nitrogens with two attached hydrogens (primary N) is 1. The summed E-state index contributed by atoms with van der Waals surface area (Å²) in [6.45, 7) is 6.26. The average molecular weight is 264 g/mol. The van der Waals surface area contributed by atoms with E-state index in [1.54, 1.807) is 0 Å². The first kappa shape index (κ1) is 15.5. The summed E-state index contributed by atoms with van der Waals surface area (Å²) in [4.78, 5) is 13.9. The van der Waals surface area contributed by atoms with E-state index in [1.807, 2.05) is 36.1 Å². The maximum atomic E-state index is 12.1. The van der Waals surface area contributed by atoms with E-state index in [0.717, 1.165) is 30.6 Å². The minimum absolute atomic E-state index is 0.0483. The summed E-state index contributed by atoms with van der Waals surface area (Å²) in [6.07, 6.45) is 1.87. The molecule has 1 aromatic carbocycles. The van der Waals surface area contributed by atoms with Gasteiger partial charge >= 0.3 is 0 Å². The molecule has 0 unspecified atom stereocenters. The first-order valence-electron chi connectivity index (χ1n) is 6.87. The maximum absolute atomic E-state index is 12.1. The van der Waals surface area contributed by atoms with Crippen LogP contribution >= 0.6 is 0 Å². The zero-order valence-electron chi connectivity index (χ0n) is 11.9. The molecule has 0 aliphatic rings. The summed E-state index contributed by atoms with van der Waals surface area (Å²) in [6, 6.07) is 7.63. The summed E-state index contributed by atoms with van der Waals surface area (Å²) < 4.78 is 5.32. The number of amides is 1. The van der Waals surface area contributed by atoms with Gasteiger partial charge in [-0.25, -0.2) is 0 Å². The molecular formula is C15H24N2O2. The molecule has 0 saturated heterocycles. The van der Waals surface area contributed by atoms with Crippen molar-refractivity contribution < 1.29 is 9.53 Å². The van der Waals surface area contributed by atoms with Gasteiger partial charge in [0, 0.05) is 25.4 Å². The quantitative estimate of drug-likeness (QED) is 0.579. The molecule has 0 radical (unpaired) electrons. The van der Waals surface area contributed by atoms with E-state index in [-0.39, 0.29) is 12.5 Å². The molecule has 0 saturated carbocycles. The summed E-state index contributed by atoms with van der Waals surface area (Å²) in [7, 11) is 0. The Morgan fingerprint density at radius 2 is 1.89 bits per heavy atom. The van der Waals surface area contributed by atoms with Crippen molar-refractivity contribution >= 4 is 11.6 Å². The van der Waals surface area contributed by atoms with Gasteiger partial charge in [0.1, 0.15) is 6.61 Å². The largest absolute Gasteiger partial charge is 0.399 e. The number of carbonyl (C=O) groups excluding carboxylic acids is 1. The van der Waals surface area contributed by atoms with E-state index in [9.17, 15) is 4.79 Å². The zero-order valence-corrected chi connectivity index (χ0v) is 11.9. The molecule has 0 aromatic heterocycles. The first-order chi connectivity index (χ1) is 9.17. The highest BCUT2D eigenvalue weighted by molar-refractivity contribution is 5.77. The Morgan fingerprint density at radius 3 is 2.47 bits per heavy atom. The molecular weight excluding hydrogens is 240 g/mol. The van der Waals surface area contributed by atoms with Crippen LogP contribution in [0.2, 0.25) is 0 Å². The molecule has 0 fully saturated rings. The van der Waals surface area contributed by atoms with Gasteiger partial charge in [0.05, 0.1) is 0 Å². The highest BCUT2D eigenvalue weighted by Gasteiger charge is 2.13. The van der Waals surface area contributed by atoms with E-state index < -0.39 is 0 Å². The summed E-state index contributed by atoms with van der Waals surface area (Å²) in [5.41, 5.74) is 7.49. The molecule has 1 rings (SSSR count). The second kappa shape index (κ2) is 8.53. The summed E-state index contributed by atoms with van der Waals surface area (Å²) in [5, 5.41) is 0. The normalized spacial score (nSPS) is 10.4. The van der Waals surface area contributed by atoms with Crippen LogP contribution < -0.4 is 5.73 Å². The standard InChI is InChI=1S/C15H24N2O2/c1-3-9-17(15(18)12-19-10-4-2)11-13-5-7-14(16)8-6-13/h5-8H,3-4,9-12,16H2,1-2H3. The van der Waals surface area contributed by atoms with Gasteiger partial charge < -0.3 is 15.4 Å². The Balaban J connectivity index is 2.56. The van der Waals surface area contributed by atoms with Crippen LogP contribution in [0.25, 0.3) is 0 Å². The lowest BCUT2D eigenvalue weighted by Gasteiger charge is -2.22. The zero-order chi connectivity index (χ0) is 14.1. The van der Waals surface area contributed by atoms with Crippen LogP contribution in [0.5, 0.6) is 0 Å². The molecule has 19 heavy (non-hydrogen) atoms. The number of ether oxygens (including phenoxy) is 1. The van der Waals surface area contributed by atoms with Gasteiger partial charge in [-0.1, -0.05) is 26.0 Å². The van der Waals surface area contributed by atoms with Gasteiger partial charge in [0.15, 0.2) is 0 Å². The third-order valence-electron chi connectivity index (χ3n) is 2.77. The molecule has 0 spiro atoms. The monoisotopic (exact) mass is 264 g/mol. The van der Waals surface area contributed by atoms with Crippen molar-refractivity contribution in [2.75, 3.05) is 25.5 Å². The van der Waals surface area contributed by atoms with Crippen molar-refractivity contribution in [3.8, 4) is 0 Å². The minimum atomic E-state index is 0.0483. The number of nitrogen functional groups attached to an aromatic ring is 1. The van der Waals surface area contributed by atoms with Crippen molar-refractivity contribution in [3.05, 3.63) is 29.8 Å². The molecule has 2 N–H and O–H groups in total. The molecule has 0 aliphatic heterocycles. The van der Waals surface area contributed by atoms with Crippen LogP contribution in [-0.2, 0) is 16.1 Å². The Labute approximate surface area is 115 Å². The van der Waals surface area contributed by atoms with Gasteiger partial charge in [-0.2, -0.15) is 0 Å². The third kappa shape index (κ3) is 5.75. The van der Waals surface area contributed by atoms with E-state index in [2.05, 4.69) is 6.92 Å². The molecule has 106 valence electrons. The molecule has 1 aromatic rings. The highest BCUT2D eigenvalue weighted by Crippen LogP contribution is 2.09. The average Bonchev–Trinajstić information content (AvgIpc) is 2.41. The maximum Gasteiger partial charge on any atom is 0.248 e. The van der Waals surface area contributed by atoms with E-state index >= 15 is 0 Å². The Hall–Kier alpha value is -1.55. The minimum Gasteiger partial charge on any atom is -0.399 e. The van der Waals surface area contributed by atoms with Crippen molar-refractivity contribution in [1.82, 2.24) is 4.90 Å². The van der Waals surface area contributed by atoms with E-state index in [4.69, 9.17) is 10.5 Å². The van der Waals surface area contributed by atoms with Crippen molar-refractivity contribution in [1.29, 1.82) is 0 Å². The first-order valence-corrected chi connectivity index (χ1v) is 6.87. The molecule has 0 bridgehead atoms. The Morgan fingerprint density at radius 1 is 1.21 bits per heavy atom. The topological polar surface area (TPSA) is 55.6 Å². The number of benzene rings is 1. The predicted molar refractivity (Wildman–Crippen MR) is 77.7 cm³/mol. The fraction of sp³-hybridized carbons (Fsp3) is 0.533. The van der Waals surface area contributed by atoms with Crippen LogP contribution in [0.15, 0.2) is 24.3 Å². The predicted octanol–water partition coefficient (Wildman–Crippen LogP) is 2.43. The fourth-order valence-corrected chi connectivity index (χ4v) is 1.80. The van der Waals surface area contributed by atoms with E-state index in [0.29, 0.717) is 13.2 Å². The molecule has 4 nitrogen and oxygen atoms in total. The molecule has 4 heteroatoms. The van der Waals surface area contributed by atoms with Gasteiger partial charge in [-0.3, -0.25) is 4.79 Å². The SMILES string of the molecule is CCCOCC(=O)N(CCC)Cc1ccc(N)cc1. The fourth-order valence-electron chi connectivity index (χ4n) is 1.80. The van der Waals surface area contributed by atoms with Gasteiger partial charge in [-0.05, 0) is 30.5 Å². The number of carbonyl (C=O) groups is 1. The van der Waals surface area contributed by atoms with Crippen molar-refractivity contribution in [2.45, 2.75) is 33.2 Å². The van der Waals surface area contributed by atoms with Gasteiger partial charge in [0.2, 0.25) is 5.91 Å². The summed E-state index contributed by atoms with van der Waals surface area (Å²) >= 11 is 0. The second-order valence-corrected chi connectivity index (χ2v) is 4.61. The number of rotatable bonds is 8. The van der Waals surface area contributed by atoms with Crippen molar-refractivity contribution in [3.63, 3.8) is 0 Å². The van der Waals surface area contributed by atoms with Crippen LogP contribution in [0.4, 0.5) is 5.69 Å². The highest BCUT2D eigenvalue weighted by atomic mass is 16.5. The summed E-state index contributed by atoms with van der Waals surface area (Å²) in [5.74, 6) is 0.0483. The number of nitrogens with zero attached hydrogens (tertiary/aromatic N) is 1. The van der Waals surface area contributed by atoms with Crippen LogP contribution in [-0.4, -0.2) is 30.6 Å². The lowest BCUT2D eigenvalue weighted by Crippen LogP contribution is -2.34. The molecule has 0 heterocycles. The Bertz CT molecular complexity index is 376. The Kier molecular flexibility index (Phi) is 6.97.